The van der Waals surface area contributed by atoms with Crippen molar-refractivity contribution in [2.45, 2.75) is 44.1 Å². The number of ether oxygens (including phenoxy) is 1. The number of hydrogen-bond acceptors (Lipinski definition) is 6. The van der Waals surface area contributed by atoms with Crippen LogP contribution in [0.15, 0.2) is 36.7 Å². The van der Waals surface area contributed by atoms with Crippen LogP contribution in [0.3, 0.4) is 0 Å². The summed E-state index contributed by atoms with van der Waals surface area (Å²) in [5.41, 5.74) is -4.24. The highest BCUT2D eigenvalue weighted by Crippen LogP contribution is 2.42. The fourth-order valence-corrected chi connectivity index (χ4v) is 4.33. The smallest absolute Gasteiger partial charge is 0.431 e. The topological polar surface area (TPSA) is 67.3 Å². The highest BCUT2D eigenvalue weighted by Gasteiger charge is 2.56. The molecular formula is C20H21F4N3O2S. The Labute approximate surface area is 174 Å². The van der Waals surface area contributed by atoms with E-state index in [2.05, 4.69) is 15.5 Å². The summed E-state index contributed by atoms with van der Waals surface area (Å²) in [7, 11) is 1.35. The molecule has 2 heterocycles. The zero-order chi connectivity index (χ0) is 22.2. The molecule has 0 radical (unpaired) electrons. The Morgan fingerprint density at radius 3 is 2.47 bits per heavy atom. The number of hydrogen-bond donors (Lipinski definition) is 2. The van der Waals surface area contributed by atoms with E-state index >= 15 is 0 Å². The standard InChI is InChI=1S/C20H21F4N3O2S/c1-18(2,15-7-13(21)4-5-16(15)29-3)11-19(28,20(22,23)24)25-9-14-6-12-8-26-27-10-17(12)30-14/h4-8,10,25,28H,9,11H2,1-3H3. The predicted octanol–water partition coefficient (Wildman–Crippen LogP) is 4.55. The molecule has 0 saturated carbocycles. The molecule has 0 aliphatic carbocycles. The quantitative estimate of drug-likeness (QED) is 0.414. The number of methoxy groups -OCH3 is 1. The van der Waals surface area contributed by atoms with Gasteiger partial charge in [0.1, 0.15) is 11.6 Å². The van der Waals surface area contributed by atoms with Crippen LogP contribution in [-0.4, -0.2) is 34.3 Å². The molecule has 3 aromatic rings. The van der Waals surface area contributed by atoms with Gasteiger partial charge in [-0.3, -0.25) is 5.32 Å². The normalized spacial score (nSPS) is 14.7. The minimum absolute atomic E-state index is 0.217. The van der Waals surface area contributed by atoms with Crippen molar-refractivity contribution in [1.82, 2.24) is 15.5 Å². The average molecular weight is 443 g/mol. The van der Waals surface area contributed by atoms with E-state index in [1.165, 1.54) is 50.8 Å². The number of fused-ring (bicyclic) bond motifs is 1. The van der Waals surface area contributed by atoms with Gasteiger partial charge in [-0.25, -0.2) is 4.39 Å². The molecule has 0 saturated heterocycles. The summed E-state index contributed by atoms with van der Waals surface area (Å²) in [5, 5.41) is 21.1. The first-order valence-electron chi connectivity index (χ1n) is 9.02. The Morgan fingerprint density at radius 1 is 1.13 bits per heavy atom. The number of thiophene rings is 1. The summed E-state index contributed by atoms with van der Waals surface area (Å²) < 4.78 is 61.4. The van der Waals surface area contributed by atoms with Gasteiger partial charge in [0.05, 0.1) is 24.2 Å². The van der Waals surface area contributed by atoms with Gasteiger partial charge in [-0.2, -0.15) is 23.4 Å². The maximum absolute atomic E-state index is 13.9. The zero-order valence-electron chi connectivity index (χ0n) is 16.5. The van der Waals surface area contributed by atoms with Gasteiger partial charge in [0.2, 0.25) is 5.72 Å². The fourth-order valence-electron chi connectivity index (χ4n) is 3.38. The molecule has 0 aliphatic heterocycles. The van der Waals surface area contributed by atoms with Crippen LogP contribution < -0.4 is 10.1 Å². The Kier molecular flexibility index (Phi) is 6.03. The molecule has 0 fully saturated rings. The van der Waals surface area contributed by atoms with Crippen molar-refractivity contribution in [3.05, 3.63) is 52.9 Å². The maximum atomic E-state index is 13.9. The van der Waals surface area contributed by atoms with Gasteiger partial charge < -0.3 is 9.84 Å². The summed E-state index contributed by atoms with van der Waals surface area (Å²) in [6.07, 6.45) is -2.68. The maximum Gasteiger partial charge on any atom is 0.431 e. The number of halogens is 4. The van der Waals surface area contributed by atoms with E-state index in [0.29, 0.717) is 4.88 Å². The van der Waals surface area contributed by atoms with Crippen molar-refractivity contribution in [3.63, 3.8) is 0 Å². The number of rotatable bonds is 7. The second kappa shape index (κ2) is 8.09. The van der Waals surface area contributed by atoms with Crippen LogP contribution in [0.4, 0.5) is 17.6 Å². The number of benzene rings is 1. The molecule has 3 rings (SSSR count). The third-order valence-electron chi connectivity index (χ3n) is 4.89. The van der Waals surface area contributed by atoms with Crippen LogP contribution in [0.25, 0.3) is 10.1 Å². The van der Waals surface area contributed by atoms with Crippen molar-refractivity contribution >= 4 is 21.4 Å². The minimum Gasteiger partial charge on any atom is -0.496 e. The molecule has 1 aromatic carbocycles. The van der Waals surface area contributed by atoms with Crippen molar-refractivity contribution in [1.29, 1.82) is 0 Å². The molecule has 2 aromatic heterocycles. The van der Waals surface area contributed by atoms with Crippen molar-refractivity contribution in [2.75, 3.05) is 7.11 Å². The van der Waals surface area contributed by atoms with Gasteiger partial charge in [0.25, 0.3) is 0 Å². The lowest BCUT2D eigenvalue weighted by Gasteiger charge is -2.38. The number of alkyl halides is 3. The molecule has 0 spiro atoms. The molecule has 10 heteroatoms. The van der Waals surface area contributed by atoms with Gasteiger partial charge in [0, 0.05) is 28.8 Å². The van der Waals surface area contributed by atoms with Gasteiger partial charge in [-0.1, -0.05) is 13.8 Å². The van der Waals surface area contributed by atoms with Crippen LogP contribution >= 0.6 is 11.3 Å². The van der Waals surface area contributed by atoms with Crippen molar-refractivity contribution in [3.8, 4) is 5.75 Å². The molecule has 5 nitrogen and oxygen atoms in total. The first kappa shape index (κ1) is 22.4. The van der Waals surface area contributed by atoms with E-state index in [1.807, 2.05) is 0 Å². The van der Waals surface area contributed by atoms with Gasteiger partial charge in [0.15, 0.2) is 0 Å². The first-order valence-corrected chi connectivity index (χ1v) is 9.84. The van der Waals surface area contributed by atoms with E-state index in [4.69, 9.17) is 4.74 Å². The average Bonchev–Trinajstić information content (AvgIpc) is 3.08. The molecule has 0 amide bonds. The second-order valence-corrected chi connectivity index (χ2v) is 8.81. The fraction of sp³-hybridized carbons (Fsp3) is 0.400. The number of aromatic nitrogens is 2. The third-order valence-corrected chi connectivity index (χ3v) is 5.98. The SMILES string of the molecule is COc1ccc(F)cc1C(C)(C)CC(O)(NCc1cc2cnncc2s1)C(F)(F)F. The number of nitrogens with one attached hydrogen (secondary N) is 1. The van der Waals surface area contributed by atoms with E-state index in [9.17, 15) is 22.7 Å². The Balaban J connectivity index is 1.88. The molecular weight excluding hydrogens is 422 g/mol. The van der Waals surface area contributed by atoms with Crippen LogP contribution in [0, 0.1) is 5.82 Å². The van der Waals surface area contributed by atoms with Crippen LogP contribution in [0.5, 0.6) is 5.75 Å². The first-order chi connectivity index (χ1) is 13.9. The number of nitrogens with zero attached hydrogens (tertiary/aromatic N) is 2. The Hall–Kier alpha value is -2.30. The molecule has 162 valence electrons. The van der Waals surface area contributed by atoms with Crippen LogP contribution in [0.2, 0.25) is 0 Å². The summed E-state index contributed by atoms with van der Waals surface area (Å²) in [6, 6.07) is 5.34. The largest absolute Gasteiger partial charge is 0.496 e. The summed E-state index contributed by atoms with van der Waals surface area (Å²) in [6.45, 7) is 2.78. The van der Waals surface area contributed by atoms with Crippen LogP contribution in [-0.2, 0) is 12.0 Å². The van der Waals surface area contributed by atoms with E-state index in [0.717, 1.165) is 22.2 Å². The lowest BCUT2D eigenvalue weighted by molar-refractivity contribution is -0.280. The summed E-state index contributed by atoms with van der Waals surface area (Å²) in [4.78, 5) is 0.587. The number of aliphatic hydroxyl groups is 1. The molecule has 30 heavy (non-hydrogen) atoms. The van der Waals surface area contributed by atoms with Crippen LogP contribution in [0.1, 0.15) is 30.7 Å². The molecule has 1 unspecified atom stereocenters. The molecule has 1 atom stereocenters. The van der Waals surface area contributed by atoms with E-state index in [1.54, 1.807) is 6.07 Å². The van der Waals surface area contributed by atoms with Crippen molar-refractivity contribution in [2.24, 2.45) is 0 Å². The van der Waals surface area contributed by atoms with E-state index in [-0.39, 0.29) is 17.9 Å². The lowest BCUT2D eigenvalue weighted by atomic mass is 9.77. The lowest BCUT2D eigenvalue weighted by Crippen LogP contribution is -2.59. The van der Waals surface area contributed by atoms with Gasteiger partial charge in [-0.05, 0) is 29.7 Å². The second-order valence-electron chi connectivity index (χ2n) is 7.64. The Bertz CT molecular complexity index is 1010. The van der Waals surface area contributed by atoms with Crippen molar-refractivity contribution < 1.29 is 27.4 Å². The van der Waals surface area contributed by atoms with Gasteiger partial charge >= 0.3 is 6.18 Å². The predicted molar refractivity (Wildman–Crippen MR) is 106 cm³/mol. The third kappa shape index (κ3) is 4.55. The molecule has 2 N–H and O–H groups in total. The van der Waals surface area contributed by atoms with Gasteiger partial charge in [-0.15, -0.1) is 11.3 Å². The summed E-state index contributed by atoms with van der Waals surface area (Å²) in [5.74, 6) is -0.356. The highest BCUT2D eigenvalue weighted by molar-refractivity contribution is 7.19. The zero-order valence-corrected chi connectivity index (χ0v) is 17.4. The highest BCUT2D eigenvalue weighted by atomic mass is 32.1. The summed E-state index contributed by atoms with van der Waals surface area (Å²) >= 11 is 1.26. The molecule has 0 aliphatic rings. The minimum atomic E-state index is -4.97. The monoisotopic (exact) mass is 443 g/mol. The van der Waals surface area contributed by atoms with E-state index < -0.39 is 29.6 Å². The Morgan fingerprint density at radius 2 is 1.83 bits per heavy atom. The molecule has 0 bridgehead atoms.